The van der Waals surface area contributed by atoms with Crippen molar-refractivity contribution < 1.29 is 4.79 Å². The predicted molar refractivity (Wildman–Crippen MR) is 103 cm³/mol. The van der Waals surface area contributed by atoms with E-state index >= 15 is 0 Å². The maximum absolute atomic E-state index is 12.4. The summed E-state index contributed by atoms with van der Waals surface area (Å²) in [5, 5.41) is 2.98. The van der Waals surface area contributed by atoms with E-state index in [0.29, 0.717) is 11.5 Å². The van der Waals surface area contributed by atoms with Crippen LogP contribution in [0.25, 0.3) is 11.1 Å². The lowest BCUT2D eigenvalue weighted by molar-refractivity contribution is 0.102. The lowest BCUT2D eigenvalue weighted by Crippen LogP contribution is -2.11. The highest BCUT2D eigenvalue weighted by atomic mass is 16.1. The molecule has 1 saturated carbocycles. The Morgan fingerprint density at radius 2 is 1.44 bits per heavy atom. The molecule has 4 rings (SSSR count). The molecule has 1 aliphatic carbocycles. The standard InChI is InChI=1S/C23H21NO/c1-16-15-22(16)19-11-13-21(14-12-19)24-23(25)20-9-7-18(8-10-20)17-5-3-2-4-6-17/h2-14,16,22H,15H2,1H3,(H,24,25). The summed E-state index contributed by atoms with van der Waals surface area (Å²) >= 11 is 0. The summed E-state index contributed by atoms with van der Waals surface area (Å²) in [6.45, 7) is 2.28. The molecule has 0 bridgehead atoms. The maximum atomic E-state index is 12.4. The van der Waals surface area contributed by atoms with Crippen LogP contribution in [0.15, 0.2) is 78.9 Å². The van der Waals surface area contributed by atoms with E-state index in [1.54, 1.807) is 0 Å². The summed E-state index contributed by atoms with van der Waals surface area (Å²) < 4.78 is 0. The number of carbonyl (C=O) groups excluding carboxylic acids is 1. The van der Waals surface area contributed by atoms with Gasteiger partial charge in [-0.2, -0.15) is 0 Å². The Labute approximate surface area is 148 Å². The van der Waals surface area contributed by atoms with Crippen LogP contribution in [0.3, 0.4) is 0 Å². The Bertz CT molecular complexity index is 866. The van der Waals surface area contributed by atoms with Crippen molar-refractivity contribution in [1.29, 1.82) is 0 Å². The topological polar surface area (TPSA) is 29.1 Å². The molecule has 124 valence electrons. The molecule has 3 aromatic rings. The number of hydrogen-bond donors (Lipinski definition) is 1. The lowest BCUT2D eigenvalue weighted by Gasteiger charge is -2.08. The van der Waals surface area contributed by atoms with E-state index in [1.165, 1.54) is 12.0 Å². The van der Waals surface area contributed by atoms with E-state index in [2.05, 4.69) is 36.5 Å². The van der Waals surface area contributed by atoms with Gasteiger partial charge >= 0.3 is 0 Å². The third-order valence-corrected chi connectivity index (χ3v) is 4.96. The molecule has 0 saturated heterocycles. The fourth-order valence-electron chi connectivity index (χ4n) is 3.25. The van der Waals surface area contributed by atoms with Crippen LogP contribution in [-0.2, 0) is 0 Å². The summed E-state index contributed by atoms with van der Waals surface area (Å²) in [4.78, 5) is 12.4. The van der Waals surface area contributed by atoms with Crippen LogP contribution in [0, 0.1) is 5.92 Å². The quantitative estimate of drug-likeness (QED) is 0.651. The van der Waals surface area contributed by atoms with Crippen LogP contribution >= 0.6 is 0 Å². The number of amides is 1. The molecule has 3 aromatic carbocycles. The highest BCUT2D eigenvalue weighted by molar-refractivity contribution is 6.04. The minimum Gasteiger partial charge on any atom is -0.322 e. The van der Waals surface area contributed by atoms with Crippen molar-refractivity contribution in [1.82, 2.24) is 0 Å². The molecule has 2 atom stereocenters. The highest BCUT2D eigenvalue weighted by Gasteiger charge is 2.33. The molecular weight excluding hydrogens is 306 g/mol. The van der Waals surface area contributed by atoms with Crippen molar-refractivity contribution in [2.45, 2.75) is 19.3 Å². The first kappa shape index (κ1) is 15.6. The third kappa shape index (κ3) is 3.48. The van der Waals surface area contributed by atoms with Gasteiger partial charge in [-0.25, -0.2) is 0 Å². The van der Waals surface area contributed by atoms with E-state index < -0.39 is 0 Å². The average molecular weight is 327 g/mol. The minimum absolute atomic E-state index is 0.0767. The Balaban J connectivity index is 1.44. The van der Waals surface area contributed by atoms with Gasteiger partial charge in [-0.05, 0) is 59.2 Å². The monoisotopic (exact) mass is 327 g/mol. The molecule has 1 aliphatic rings. The minimum atomic E-state index is -0.0767. The van der Waals surface area contributed by atoms with Crippen LogP contribution < -0.4 is 5.32 Å². The molecule has 1 fully saturated rings. The number of benzene rings is 3. The van der Waals surface area contributed by atoms with Gasteiger partial charge in [-0.15, -0.1) is 0 Å². The fraction of sp³-hybridized carbons (Fsp3) is 0.174. The Hall–Kier alpha value is -2.87. The number of carbonyl (C=O) groups is 1. The summed E-state index contributed by atoms with van der Waals surface area (Å²) in [5.74, 6) is 1.42. The second-order valence-electron chi connectivity index (χ2n) is 6.84. The van der Waals surface area contributed by atoms with Crippen molar-refractivity contribution in [2.24, 2.45) is 5.92 Å². The average Bonchev–Trinajstić information content (AvgIpc) is 3.40. The van der Waals surface area contributed by atoms with Gasteiger partial charge in [0, 0.05) is 11.3 Å². The smallest absolute Gasteiger partial charge is 0.255 e. The zero-order chi connectivity index (χ0) is 17.2. The van der Waals surface area contributed by atoms with Gasteiger partial charge in [0.05, 0.1) is 0 Å². The molecule has 25 heavy (non-hydrogen) atoms. The number of rotatable bonds is 4. The molecule has 0 radical (unpaired) electrons. The van der Waals surface area contributed by atoms with Gasteiger partial charge in [0.2, 0.25) is 0 Å². The zero-order valence-electron chi connectivity index (χ0n) is 14.3. The first-order valence-electron chi connectivity index (χ1n) is 8.77. The Kier molecular flexibility index (Phi) is 4.10. The largest absolute Gasteiger partial charge is 0.322 e. The second-order valence-corrected chi connectivity index (χ2v) is 6.84. The van der Waals surface area contributed by atoms with Crippen molar-refractivity contribution in [2.75, 3.05) is 5.32 Å². The first-order chi connectivity index (χ1) is 12.2. The van der Waals surface area contributed by atoms with E-state index in [1.807, 2.05) is 54.6 Å². The van der Waals surface area contributed by atoms with Crippen molar-refractivity contribution in [3.8, 4) is 11.1 Å². The molecule has 0 aliphatic heterocycles. The number of anilines is 1. The Morgan fingerprint density at radius 3 is 2.04 bits per heavy atom. The molecule has 1 N–H and O–H groups in total. The van der Waals surface area contributed by atoms with Gasteiger partial charge in [0.15, 0.2) is 0 Å². The predicted octanol–water partition coefficient (Wildman–Crippen LogP) is 5.73. The van der Waals surface area contributed by atoms with Crippen molar-refractivity contribution in [3.63, 3.8) is 0 Å². The molecule has 0 heterocycles. The van der Waals surface area contributed by atoms with Crippen molar-refractivity contribution in [3.05, 3.63) is 90.0 Å². The Morgan fingerprint density at radius 1 is 0.840 bits per heavy atom. The van der Waals surface area contributed by atoms with Gasteiger partial charge in [-0.1, -0.05) is 61.5 Å². The molecule has 0 aromatic heterocycles. The van der Waals surface area contributed by atoms with Crippen LogP contribution in [0.1, 0.15) is 35.2 Å². The molecule has 2 unspecified atom stereocenters. The second kappa shape index (κ2) is 6.56. The van der Waals surface area contributed by atoms with Gasteiger partial charge in [0.25, 0.3) is 5.91 Å². The SMILES string of the molecule is CC1CC1c1ccc(NC(=O)c2ccc(-c3ccccc3)cc2)cc1. The molecule has 1 amide bonds. The summed E-state index contributed by atoms with van der Waals surface area (Å²) in [6, 6.07) is 26.1. The van der Waals surface area contributed by atoms with Crippen LogP contribution in [0.4, 0.5) is 5.69 Å². The molecule has 2 heteroatoms. The van der Waals surface area contributed by atoms with Crippen LogP contribution in [0.2, 0.25) is 0 Å². The van der Waals surface area contributed by atoms with Crippen LogP contribution in [-0.4, -0.2) is 5.91 Å². The van der Waals surface area contributed by atoms with E-state index in [-0.39, 0.29) is 5.91 Å². The van der Waals surface area contributed by atoms with Crippen LogP contribution in [0.5, 0.6) is 0 Å². The molecule has 2 nitrogen and oxygen atoms in total. The summed E-state index contributed by atoms with van der Waals surface area (Å²) in [7, 11) is 0. The summed E-state index contributed by atoms with van der Waals surface area (Å²) in [6.07, 6.45) is 1.28. The van der Waals surface area contributed by atoms with Gasteiger partial charge < -0.3 is 5.32 Å². The molecular formula is C23H21NO. The number of hydrogen-bond acceptors (Lipinski definition) is 1. The zero-order valence-corrected chi connectivity index (χ0v) is 14.3. The van der Waals surface area contributed by atoms with Gasteiger partial charge in [0.1, 0.15) is 0 Å². The summed E-state index contributed by atoms with van der Waals surface area (Å²) in [5.41, 5.74) is 5.14. The third-order valence-electron chi connectivity index (χ3n) is 4.96. The van der Waals surface area contributed by atoms with Crippen molar-refractivity contribution >= 4 is 11.6 Å². The fourth-order valence-corrected chi connectivity index (χ4v) is 3.25. The normalized spacial score (nSPS) is 18.6. The first-order valence-corrected chi connectivity index (χ1v) is 8.77. The van der Waals surface area contributed by atoms with E-state index in [9.17, 15) is 4.79 Å². The molecule has 0 spiro atoms. The maximum Gasteiger partial charge on any atom is 0.255 e. The van der Waals surface area contributed by atoms with E-state index in [4.69, 9.17) is 0 Å². The van der Waals surface area contributed by atoms with Gasteiger partial charge in [-0.3, -0.25) is 4.79 Å². The van der Waals surface area contributed by atoms with E-state index in [0.717, 1.165) is 22.7 Å². The highest BCUT2D eigenvalue weighted by Crippen LogP contribution is 2.46. The lowest BCUT2D eigenvalue weighted by atomic mass is 10.0. The number of nitrogens with one attached hydrogen (secondary N) is 1.